The van der Waals surface area contributed by atoms with Crippen LogP contribution in [0.4, 0.5) is 14.6 Å². The van der Waals surface area contributed by atoms with Crippen LogP contribution in [0.1, 0.15) is 11.1 Å². The Balaban J connectivity index is 1.33. The molecule has 4 aliphatic rings. The number of hydrogen-bond acceptors (Lipinski definition) is 12. The van der Waals surface area contributed by atoms with Crippen LogP contribution in [0.5, 0.6) is 0 Å². The molecule has 1 fully saturated rings. The molecule has 1 saturated heterocycles. The van der Waals surface area contributed by atoms with Gasteiger partial charge in [-0.05, 0) is 41.5 Å². The van der Waals surface area contributed by atoms with Crippen molar-refractivity contribution in [1.29, 1.82) is 0 Å². The highest BCUT2D eigenvalue weighted by molar-refractivity contribution is 5.96. The zero-order chi connectivity index (χ0) is 30.6. The summed E-state index contributed by atoms with van der Waals surface area (Å²) < 4.78 is 51.0. The molecule has 1 N–H and O–H groups in total. The number of esters is 4. The number of halogens is 2. The van der Waals surface area contributed by atoms with Crippen molar-refractivity contribution < 1.29 is 46.9 Å². The molecule has 0 radical (unpaired) electrons. The van der Waals surface area contributed by atoms with Gasteiger partial charge in [0.2, 0.25) is 0 Å². The van der Waals surface area contributed by atoms with Gasteiger partial charge < -0.3 is 18.9 Å². The number of hydrogen-bond donors (Lipinski definition) is 1. The van der Waals surface area contributed by atoms with E-state index in [1.54, 1.807) is 6.07 Å². The first-order valence-corrected chi connectivity index (χ1v) is 13.6. The maximum Gasteiger partial charge on any atom is 0.444 e. The first-order chi connectivity index (χ1) is 21.2. The average Bonchev–Trinajstić information content (AvgIpc) is 3.49. The normalized spacial score (nSPS) is 21.2. The summed E-state index contributed by atoms with van der Waals surface area (Å²) in [5.74, 6) is -10.6. The van der Waals surface area contributed by atoms with E-state index < -0.39 is 41.5 Å². The fourth-order valence-corrected chi connectivity index (χ4v) is 5.92. The number of nitrogens with zero attached hydrogens (tertiary/aromatic N) is 4. The largest absolute Gasteiger partial charge is 0.444 e. The quantitative estimate of drug-likeness (QED) is 0.431. The van der Waals surface area contributed by atoms with Gasteiger partial charge >= 0.3 is 35.7 Å². The molecule has 0 bridgehead atoms. The molecule has 0 aliphatic carbocycles. The fraction of sp³-hybridized carbons (Fsp3) is 0.276. The van der Waals surface area contributed by atoms with Gasteiger partial charge in [0, 0.05) is 69.0 Å². The highest BCUT2D eigenvalue weighted by atomic mass is 19.1. The lowest BCUT2D eigenvalue weighted by atomic mass is 10.1. The number of fused-ring (bicyclic) bond motifs is 3. The molecule has 0 saturated carbocycles. The number of anilines is 1. The van der Waals surface area contributed by atoms with Crippen LogP contribution < -0.4 is 4.90 Å². The number of H-pyrrole nitrogens is 1. The Hall–Kier alpha value is -5.15. The van der Waals surface area contributed by atoms with Crippen LogP contribution >= 0.6 is 0 Å². The van der Waals surface area contributed by atoms with E-state index in [2.05, 4.69) is 10.2 Å². The zero-order valence-corrected chi connectivity index (χ0v) is 22.8. The maximum absolute atomic E-state index is 14.0. The van der Waals surface area contributed by atoms with Crippen LogP contribution in [0.3, 0.4) is 0 Å². The number of nitrogens with one attached hydrogen (secondary N) is 1. The minimum atomic E-state index is -2.76. The molecule has 44 heavy (non-hydrogen) atoms. The first kappa shape index (κ1) is 27.7. The number of benzene rings is 2. The number of piperazine rings is 1. The SMILES string of the molecule is O=C1C=CC(=O)OC2(O1)N(CCN1Cc3ccc(F)cc3C1)CCN(c1n[nH]c3cc(F)ccc13)C21OC(=O)C=CC(=O)O1. The van der Waals surface area contributed by atoms with Crippen LogP contribution in [0.15, 0.2) is 60.7 Å². The van der Waals surface area contributed by atoms with E-state index in [9.17, 15) is 28.0 Å². The number of carbonyl (C=O) groups excluding carboxylic acids is 4. The summed E-state index contributed by atoms with van der Waals surface area (Å²) in [5, 5.41) is 7.30. The summed E-state index contributed by atoms with van der Waals surface area (Å²) in [6.07, 6.45) is 3.30. The number of rotatable bonds is 4. The summed E-state index contributed by atoms with van der Waals surface area (Å²) in [6, 6.07) is 8.33. The maximum atomic E-state index is 14.0. The second-order valence-corrected chi connectivity index (χ2v) is 10.5. The van der Waals surface area contributed by atoms with Crippen molar-refractivity contribution in [3.05, 3.63) is 83.5 Å². The van der Waals surface area contributed by atoms with Gasteiger partial charge in [-0.1, -0.05) is 6.07 Å². The van der Waals surface area contributed by atoms with Gasteiger partial charge in [-0.2, -0.15) is 5.10 Å². The van der Waals surface area contributed by atoms with E-state index in [0.29, 0.717) is 25.0 Å². The molecule has 0 amide bonds. The van der Waals surface area contributed by atoms with Crippen molar-refractivity contribution in [2.75, 3.05) is 31.1 Å². The third-order valence-corrected chi connectivity index (χ3v) is 7.83. The molecule has 0 unspecified atom stereocenters. The molecular weight excluding hydrogens is 584 g/mol. The van der Waals surface area contributed by atoms with Gasteiger partial charge in [-0.3, -0.25) is 14.9 Å². The Morgan fingerprint density at radius 1 is 0.727 bits per heavy atom. The lowest BCUT2D eigenvalue weighted by molar-refractivity contribution is -0.416. The third kappa shape index (κ3) is 4.48. The molecule has 226 valence electrons. The summed E-state index contributed by atoms with van der Waals surface area (Å²) in [6.45, 7) is 1.21. The number of ether oxygens (including phenoxy) is 4. The zero-order valence-electron chi connectivity index (χ0n) is 22.8. The molecule has 5 heterocycles. The minimum absolute atomic E-state index is 0.00973. The van der Waals surface area contributed by atoms with E-state index in [1.807, 2.05) is 4.90 Å². The van der Waals surface area contributed by atoms with E-state index in [1.165, 1.54) is 40.1 Å². The highest BCUT2D eigenvalue weighted by Crippen LogP contribution is 2.47. The van der Waals surface area contributed by atoms with Crippen molar-refractivity contribution in [2.24, 2.45) is 0 Å². The summed E-state index contributed by atoms with van der Waals surface area (Å²) in [4.78, 5) is 56.7. The van der Waals surface area contributed by atoms with Crippen LogP contribution in [0.25, 0.3) is 10.9 Å². The third-order valence-electron chi connectivity index (χ3n) is 7.83. The minimum Gasteiger partial charge on any atom is -0.397 e. The van der Waals surface area contributed by atoms with E-state index in [4.69, 9.17) is 18.9 Å². The molecule has 0 atom stereocenters. The lowest BCUT2D eigenvalue weighted by Crippen LogP contribution is -2.81. The predicted octanol–water partition coefficient (Wildman–Crippen LogP) is 1.60. The van der Waals surface area contributed by atoms with Crippen LogP contribution in [0.2, 0.25) is 0 Å². The van der Waals surface area contributed by atoms with Crippen LogP contribution in [-0.2, 0) is 51.2 Å². The van der Waals surface area contributed by atoms with Crippen molar-refractivity contribution in [1.82, 2.24) is 20.0 Å². The topological polar surface area (TPSA) is 144 Å². The predicted molar refractivity (Wildman–Crippen MR) is 144 cm³/mol. The Morgan fingerprint density at radius 3 is 2.00 bits per heavy atom. The average molecular weight is 608 g/mol. The highest BCUT2D eigenvalue weighted by Gasteiger charge is 2.75. The smallest absolute Gasteiger partial charge is 0.397 e. The van der Waals surface area contributed by atoms with Crippen LogP contribution in [-0.4, -0.2) is 81.9 Å². The Bertz CT molecular complexity index is 1750. The van der Waals surface area contributed by atoms with Gasteiger partial charge in [-0.25, -0.2) is 32.9 Å². The number of carbonyl (C=O) groups is 4. The molecule has 3 aromatic rings. The van der Waals surface area contributed by atoms with E-state index in [-0.39, 0.29) is 36.8 Å². The van der Waals surface area contributed by atoms with Gasteiger partial charge in [0.15, 0.2) is 5.82 Å². The van der Waals surface area contributed by atoms with E-state index >= 15 is 0 Å². The summed E-state index contributed by atoms with van der Waals surface area (Å²) in [5.41, 5.74) is 2.02. The van der Waals surface area contributed by atoms with Crippen molar-refractivity contribution >= 4 is 40.6 Å². The van der Waals surface area contributed by atoms with E-state index in [0.717, 1.165) is 35.4 Å². The molecule has 1 aromatic heterocycles. The molecule has 15 heteroatoms. The van der Waals surface area contributed by atoms with Gasteiger partial charge in [0.25, 0.3) is 0 Å². The summed E-state index contributed by atoms with van der Waals surface area (Å²) >= 11 is 0. The Labute approximate surface area is 247 Å². The second kappa shape index (κ2) is 10.2. The Kier molecular flexibility index (Phi) is 6.44. The monoisotopic (exact) mass is 607 g/mol. The van der Waals surface area contributed by atoms with Gasteiger partial charge in [-0.15, -0.1) is 0 Å². The molecule has 7 rings (SSSR count). The molecule has 13 nitrogen and oxygen atoms in total. The standard InChI is InChI=1S/C29H23F2N5O8/c30-19-2-1-17-15-34(16-18(17)13-19)9-10-35-11-12-36(27-21-4-3-20(31)14-22(21)32-33-27)29(43-25(39)7-8-26(40)44-29)28(35)41-23(37)5-6-24(38)42-28/h1-8,13-14H,9-12,15-16H2,(H,32,33). The Morgan fingerprint density at radius 2 is 1.32 bits per heavy atom. The van der Waals surface area contributed by atoms with Gasteiger partial charge in [0.1, 0.15) is 11.6 Å². The molecular formula is C29H23F2N5O8. The second-order valence-electron chi connectivity index (χ2n) is 10.5. The van der Waals surface area contributed by atoms with Crippen LogP contribution in [0, 0.1) is 11.6 Å². The fourth-order valence-electron chi connectivity index (χ4n) is 5.92. The lowest BCUT2D eigenvalue weighted by Gasteiger charge is -2.55. The molecule has 2 aromatic carbocycles. The van der Waals surface area contributed by atoms with Crippen molar-refractivity contribution in [2.45, 2.75) is 24.9 Å². The number of aromatic nitrogens is 2. The van der Waals surface area contributed by atoms with Crippen molar-refractivity contribution in [3.63, 3.8) is 0 Å². The van der Waals surface area contributed by atoms with Crippen molar-refractivity contribution in [3.8, 4) is 0 Å². The molecule has 4 aliphatic heterocycles. The summed E-state index contributed by atoms with van der Waals surface area (Å²) in [7, 11) is 0. The molecule has 2 spiro atoms. The van der Waals surface area contributed by atoms with Gasteiger partial charge in [0.05, 0.1) is 5.52 Å². The first-order valence-electron chi connectivity index (χ1n) is 13.6. The number of aromatic amines is 1.